The number of piperidine rings is 3. The van der Waals surface area contributed by atoms with Gasteiger partial charge in [-0.2, -0.15) is 0 Å². The summed E-state index contributed by atoms with van der Waals surface area (Å²) in [5.74, 6) is -0.367. The Morgan fingerprint density at radius 1 is 0.867 bits per heavy atom. The minimum atomic E-state index is -0.450. The summed E-state index contributed by atoms with van der Waals surface area (Å²) in [7, 11) is 0. The van der Waals surface area contributed by atoms with Crippen LogP contribution in [0.2, 0.25) is 0 Å². The van der Waals surface area contributed by atoms with Gasteiger partial charge in [0.05, 0.1) is 11.6 Å². The molecular formula is C34H44Br2N6O3. The fourth-order valence-corrected chi connectivity index (χ4v) is 8.84. The van der Waals surface area contributed by atoms with E-state index in [-0.39, 0.29) is 30.3 Å². The summed E-state index contributed by atoms with van der Waals surface area (Å²) in [5, 5.41) is 3.01. The molecule has 6 rings (SSSR count). The van der Waals surface area contributed by atoms with Crippen LogP contribution in [0.25, 0.3) is 0 Å². The molecule has 0 radical (unpaired) electrons. The number of nitrogen functional groups attached to an aromatic ring is 1. The van der Waals surface area contributed by atoms with E-state index in [0.717, 1.165) is 64.5 Å². The van der Waals surface area contributed by atoms with Crippen molar-refractivity contribution in [2.24, 2.45) is 5.92 Å². The van der Waals surface area contributed by atoms with Crippen molar-refractivity contribution in [3.8, 4) is 0 Å². The Labute approximate surface area is 283 Å². The molecule has 1 atom stereocenters. The quantitative estimate of drug-likeness (QED) is 0.347. The monoisotopic (exact) mass is 742 g/mol. The summed E-state index contributed by atoms with van der Waals surface area (Å²) >= 11 is 7.09. The van der Waals surface area contributed by atoms with E-state index in [1.54, 1.807) is 0 Å². The number of nitrogens with two attached hydrogens (primary N) is 1. The van der Waals surface area contributed by atoms with Crippen LogP contribution in [-0.2, 0) is 22.6 Å². The predicted molar refractivity (Wildman–Crippen MR) is 184 cm³/mol. The summed E-state index contributed by atoms with van der Waals surface area (Å²) in [6.45, 7) is 5.56. The zero-order valence-electron chi connectivity index (χ0n) is 25.9. The Morgan fingerprint density at radius 2 is 1.49 bits per heavy atom. The lowest BCUT2D eigenvalue weighted by Gasteiger charge is -2.41. The second kappa shape index (κ2) is 14.4. The van der Waals surface area contributed by atoms with E-state index >= 15 is 0 Å². The van der Waals surface area contributed by atoms with Crippen LogP contribution in [0.4, 0.5) is 16.2 Å². The number of amides is 4. The number of fused-ring (bicyclic) bond motifs is 1. The fourth-order valence-electron chi connectivity index (χ4n) is 7.56. The number of hydrogen-bond donors (Lipinski definition) is 2. The van der Waals surface area contributed by atoms with Crippen LogP contribution >= 0.6 is 31.9 Å². The normalized spacial score (nSPS) is 20.9. The first kappa shape index (κ1) is 32.3. The Kier molecular flexibility index (Phi) is 10.4. The second-order valence-electron chi connectivity index (χ2n) is 13.1. The van der Waals surface area contributed by atoms with Crippen molar-refractivity contribution in [1.82, 2.24) is 19.6 Å². The topological polar surface area (TPSA) is 102 Å². The first-order valence-electron chi connectivity index (χ1n) is 16.5. The van der Waals surface area contributed by atoms with Gasteiger partial charge in [-0.15, -0.1) is 0 Å². The van der Waals surface area contributed by atoms with Gasteiger partial charge in [-0.25, -0.2) is 4.79 Å². The van der Waals surface area contributed by atoms with Crippen LogP contribution in [0.3, 0.4) is 0 Å². The minimum absolute atomic E-state index is 0.0111. The number of urea groups is 1. The van der Waals surface area contributed by atoms with Crippen molar-refractivity contribution in [3.63, 3.8) is 0 Å². The van der Waals surface area contributed by atoms with Crippen LogP contribution in [0.1, 0.15) is 62.5 Å². The van der Waals surface area contributed by atoms with Crippen molar-refractivity contribution in [2.45, 2.75) is 76.4 Å². The molecule has 0 unspecified atom stereocenters. The molecule has 2 aromatic rings. The lowest BCUT2D eigenvalue weighted by molar-refractivity contribution is -0.143. The highest BCUT2D eigenvalue weighted by Gasteiger charge is 2.36. The van der Waals surface area contributed by atoms with Gasteiger partial charge < -0.3 is 30.7 Å². The summed E-state index contributed by atoms with van der Waals surface area (Å²) in [6.07, 6.45) is 7.94. The molecule has 3 saturated heterocycles. The van der Waals surface area contributed by atoms with Gasteiger partial charge in [0.15, 0.2) is 0 Å². The number of nitrogens with zero attached hydrogens (tertiary/aromatic N) is 4. The van der Waals surface area contributed by atoms with Crippen molar-refractivity contribution in [3.05, 3.63) is 56.5 Å². The summed E-state index contributed by atoms with van der Waals surface area (Å²) in [5.41, 5.74) is 9.71. The van der Waals surface area contributed by atoms with Crippen molar-refractivity contribution < 1.29 is 14.4 Å². The molecular weight excluding hydrogens is 700 g/mol. The van der Waals surface area contributed by atoms with Crippen molar-refractivity contribution in [2.75, 3.05) is 50.3 Å². The maximum Gasteiger partial charge on any atom is 0.322 e. The van der Waals surface area contributed by atoms with Crippen LogP contribution in [-0.4, -0.2) is 88.8 Å². The highest BCUT2D eigenvalue weighted by molar-refractivity contribution is 9.11. The number of rotatable bonds is 7. The highest BCUT2D eigenvalue weighted by atomic mass is 79.9. The van der Waals surface area contributed by atoms with Gasteiger partial charge in [0.25, 0.3) is 0 Å². The molecule has 9 nitrogen and oxygen atoms in total. The zero-order chi connectivity index (χ0) is 31.5. The molecule has 242 valence electrons. The molecule has 4 aliphatic heterocycles. The standard InChI is InChI=1S/C34H44Br2N6O3/c35-28-19-23(20-29(36)32(28)37)18-25(33(44)41-16-8-26(9-17-41)39-12-4-1-5-13-39)21-31(43)40-14-10-27(11-15-40)42-22-24-6-2-3-7-30(24)38-34(42)45/h2-3,6-7,19-20,25-27H,1,4-5,8-18,21-22,37H2,(H,38,45)/t25-/m1/s1. The lowest BCUT2D eigenvalue weighted by Crippen LogP contribution is -2.52. The van der Waals surface area contributed by atoms with Crippen LogP contribution in [0.5, 0.6) is 0 Å². The first-order chi connectivity index (χ1) is 21.8. The van der Waals surface area contributed by atoms with Gasteiger partial charge in [-0.05, 0) is 119 Å². The number of hydrogen-bond acceptors (Lipinski definition) is 5. The molecule has 11 heteroatoms. The van der Waals surface area contributed by atoms with E-state index in [9.17, 15) is 14.4 Å². The van der Waals surface area contributed by atoms with Crippen molar-refractivity contribution in [1.29, 1.82) is 0 Å². The zero-order valence-corrected chi connectivity index (χ0v) is 29.0. The molecule has 4 heterocycles. The molecule has 0 bridgehead atoms. The van der Waals surface area contributed by atoms with Crippen LogP contribution in [0.15, 0.2) is 45.3 Å². The first-order valence-corrected chi connectivity index (χ1v) is 18.0. The fraction of sp³-hybridized carbons (Fsp3) is 0.559. The van der Waals surface area contributed by atoms with E-state index in [4.69, 9.17) is 5.73 Å². The summed E-state index contributed by atoms with van der Waals surface area (Å²) in [4.78, 5) is 49.1. The molecule has 3 fully saturated rings. The predicted octanol–water partition coefficient (Wildman–Crippen LogP) is 5.86. The molecule has 0 aliphatic carbocycles. The number of para-hydroxylation sites is 1. The van der Waals surface area contributed by atoms with Gasteiger partial charge in [-0.3, -0.25) is 9.59 Å². The third kappa shape index (κ3) is 7.52. The maximum absolute atomic E-state index is 14.1. The van der Waals surface area contributed by atoms with E-state index in [1.807, 2.05) is 51.1 Å². The third-order valence-corrected chi connectivity index (χ3v) is 11.5. The molecule has 4 aliphatic rings. The third-order valence-electron chi connectivity index (χ3n) is 10.2. The van der Waals surface area contributed by atoms with Gasteiger partial charge in [-0.1, -0.05) is 24.6 Å². The van der Waals surface area contributed by atoms with Crippen LogP contribution < -0.4 is 11.1 Å². The van der Waals surface area contributed by atoms with E-state index in [2.05, 4.69) is 42.1 Å². The van der Waals surface area contributed by atoms with Gasteiger partial charge in [0.2, 0.25) is 11.8 Å². The molecule has 0 spiro atoms. The SMILES string of the molecule is Nc1c(Br)cc(C[C@H](CC(=O)N2CCC(N3Cc4ccccc4NC3=O)CC2)C(=O)N2CCC(N3CCCCC3)CC2)cc1Br. The Hall–Kier alpha value is -2.63. The smallest absolute Gasteiger partial charge is 0.322 e. The van der Waals surface area contributed by atoms with Gasteiger partial charge >= 0.3 is 6.03 Å². The molecule has 2 aromatic carbocycles. The molecule has 0 aromatic heterocycles. The number of carbonyl (C=O) groups excluding carboxylic acids is 3. The molecule has 0 saturated carbocycles. The Morgan fingerprint density at radius 3 is 2.18 bits per heavy atom. The average Bonchev–Trinajstić information content (AvgIpc) is 3.06. The molecule has 45 heavy (non-hydrogen) atoms. The lowest BCUT2D eigenvalue weighted by atomic mass is 9.91. The summed E-state index contributed by atoms with van der Waals surface area (Å²) in [6, 6.07) is 12.4. The molecule has 3 N–H and O–H groups in total. The number of anilines is 2. The van der Waals surface area contributed by atoms with Gasteiger partial charge in [0.1, 0.15) is 0 Å². The Bertz CT molecular complexity index is 1380. The average molecular weight is 745 g/mol. The maximum atomic E-state index is 14.1. The number of halogens is 2. The largest absolute Gasteiger partial charge is 0.397 e. The number of likely N-dealkylation sites (tertiary alicyclic amines) is 3. The number of nitrogens with one attached hydrogen (secondary N) is 1. The highest BCUT2D eigenvalue weighted by Crippen LogP contribution is 2.33. The van der Waals surface area contributed by atoms with Gasteiger partial charge in [0, 0.05) is 65.9 Å². The van der Waals surface area contributed by atoms with Crippen molar-refractivity contribution >= 4 is 61.1 Å². The Balaban J connectivity index is 1.09. The number of benzene rings is 2. The minimum Gasteiger partial charge on any atom is -0.397 e. The van der Waals surface area contributed by atoms with E-state index < -0.39 is 5.92 Å². The second-order valence-corrected chi connectivity index (χ2v) is 14.8. The molecule has 4 amide bonds. The summed E-state index contributed by atoms with van der Waals surface area (Å²) < 4.78 is 1.55. The number of carbonyl (C=O) groups is 3. The van der Waals surface area contributed by atoms with E-state index in [0.29, 0.717) is 37.8 Å². The van der Waals surface area contributed by atoms with E-state index in [1.165, 1.54) is 32.4 Å². The van der Waals surface area contributed by atoms with Crippen LogP contribution in [0, 0.1) is 5.92 Å².